The highest BCUT2D eigenvalue weighted by atomic mass is 16.5. The highest BCUT2D eigenvalue weighted by Crippen LogP contribution is 2.26. The van der Waals surface area contributed by atoms with E-state index in [1.165, 1.54) is 11.1 Å². The first-order valence-corrected chi connectivity index (χ1v) is 6.16. The number of nitrogens with one attached hydrogen (secondary N) is 1. The van der Waals surface area contributed by atoms with Crippen molar-refractivity contribution >= 4 is 11.4 Å². The molecule has 1 aliphatic heterocycles. The van der Waals surface area contributed by atoms with Gasteiger partial charge in [0.2, 0.25) is 0 Å². The first-order chi connectivity index (χ1) is 8.83. The Kier molecular flexibility index (Phi) is 2.81. The number of hydrogen-bond acceptors (Lipinski definition) is 3. The summed E-state index contributed by atoms with van der Waals surface area (Å²) in [6, 6.07) is 14.2. The lowest BCUT2D eigenvalue weighted by Gasteiger charge is -2.09. The molecule has 0 saturated carbocycles. The van der Waals surface area contributed by atoms with Crippen LogP contribution >= 0.6 is 0 Å². The van der Waals surface area contributed by atoms with E-state index in [0.29, 0.717) is 0 Å². The molecule has 0 atom stereocenters. The van der Waals surface area contributed by atoms with Crippen LogP contribution < -0.4 is 15.8 Å². The molecule has 1 aliphatic rings. The van der Waals surface area contributed by atoms with Gasteiger partial charge in [-0.05, 0) is 29.3 Å². The van der Waals surface area contributed by atoms with Crippen LogP contribution in [0.5, 0.6) is 5.75 Å². The van der Waals surface area contributed by atoms with Crippen molar-refractivity contribution in [1.82, 2.24) is 0 Å². The number of nitrogen functional groups attached to an aromatic ring is 1. The minimum atomic E-state index is 0.779. The minimum Gasteiger partial charge on any atom is -0.493 e. The predicted octanol–water partition coefficient (Wildman–Crippen LogP) is 2.82. The fourth-order valence-corrected chi connectivity index (χ4v) is 2.21. The van der Waals surface area contributed by atoms with Crippen LogP contribution in [0.4, 0.5) is 11.4 Å². The maximum absolute atomic E-state index is 5.89. The SMILES string of the molecule is Nc1ccccc1NCc1ccc2c(c1)CCO2. The quantitative estimate of drug-likeness (QED) is 0.811. The largest absolute Gasteiger partial charge is 0.493 e. The molecular weight excluding hydrogens is 224 g/mol. The molecule has 0 unspecified atom stereocenters. The van der Waals surface area contributed by atoms with Gasteiger partial charge in [0.25, 0.3) is 0 Å². The van der Waals surface area contributed by atoms with E-state index in [1.807, 2.05) is 30.3 Å². The van der Waals surface area contributed by atoms with Gasteiger partial charge in [0.15, 0.2) is 0 Å². The van der Waals surface area contributed by atoms with E-state index in [2.05, 4.69) is 17.4 Å². The molecule has 92 valence electrons. The van der Waals surface area contributed by atoms with Crippen LogP contribution in [0, 0.1) is 0 Å². The summed E-state index contributed by atoms with van der Waals surface area (Å²) < 4.78 is 5.49. The van der Waals surface area contributed by atoms with Gasteiger partial charge in [0.05, 0.1) is 18.0 Å². The van der Waals surface area contributed by atoms with Crippen molar-refractivity contribution in [2.45, 2.75) is 13.0 Å². The lowest BCUT2D eigenvalue weighted by Crippen LogP contribution is -2.02. The molecule has 3 N–H and O–H groups in total. The Morgan fingerprint density at radius 3 is 2.94 bits per heavy atom. The molecule has 0 saturated heterocycles. The molecular formula is C15H16N2O. The van der Waals surface area contributed by atoms with Gasteiger partial charge in [-0.2, -0.15) is 0 Å². The van der Waals surface area contributed by atoms with Crippen LogP contribution in [0.25, 0.3) is 0 Å². The second-order valence-electron chi connectivity index (χ2n) is 4.48. The molecule has 0 amide bonds. The number of ether oxygens (including phenoxy) is 1. The second kappa shape index (κ2) is 4.61. The van der Waals surface area contributed by atoms with Crippen molar-refractivity contribution in [1.29, 1.82) is 0 Å². The minimum absolute atomic E-state index is 0.779. The summed E-state index contributed by atoms with van der Waals surface area (Å²) >= 11 is 0. The average Bonchev–Trinajstić information content (AvgIpc) is 2.85. The third-order valence-electron chi connectivity index (χ3n) is 3.20. The molecule has 18 heavy (non-hydrogen) atoms. The maximum atomic E-state index is 5.89. The Morgan fingerprint density at radius 2 is 2.06 bits per heavy atom. The Hall–Kier alpha value is -2.16. The van der Waals surface area contributed by atoms with E-state index in [4.69, 9.17) is 10.5 Å². The Balaban J connectivity index is 1.72. The smallest absolute Gasteiger partial charge is 0.122 e. The standard InChI is InChI=1S/C15H16N2O/c16-13-3-1-2-4-14(13)17-10-11-5-6-15-12(9-11)7-8-18-15/h1-6,9,17H,7-8,10,16H2. The molecule has 0 bridgehead atoms. The van der Waals surface area contributed by atoms with Crippen LogP contribution in [0.1, 0.15) is 11.1 Å². The molecule has 0 spiro atoms. The van der Waals surface area contributed by atoms with Crippen molar-refractivity contribution in [2.75, 3.05) is 17.7 Å². The molecule has 0 fully saturated rings. The predicted molar refractivity (Wildman–Crippen MR) is 73.8 cm³/mol. The van der Waals surface area contributed by atoms with Gasteiger partial charge in [0, 0.05) is 13.0 Å². The van der Waals surface area contributed by atoms with Crippen LogP contribution in [-0.4, -0.2) is 6.61 Å². The van der Waals surface area contributed by atoms with Crippen molar-refractivity contribution in [3.63, 3.8) is 0 Å². The molecule has 3 rings (SSSR count). The first-order valence-electron chi connectivity index (χ1n) is 6.16. The highest BCUT2D eigenvalue weighted by molar-refractivity contribution is 5.65. The van der Waals surface area contributed by atoms with Crippen molar-refractivity contribution in [3.05, 3.63) is 53.6 Å². The Bertz CT molecular complexity index is 566. The number of hydrogen-bond donors (Lipinski definition) is 2. The summed E-state index contributed by atoms with van der Waals surface area (Å²) in [4.78, 5) is 0. The van der Waals surface area contributed by atoms with E-state index in [-0.39, 0.29) is 0 Å². The van der Waals surface area contributed by atoms with Gasteiger partial charge in [-0.3, -0.25) is 0 Å². The molecule has 0 radical (unpaired) electrons. The van der Waals surface area contributed by atoms with Gasteiger partial charge in [-0.1, -0.05) is 24.3 Å². The number of anilines is 2. The monoisotopic (exact) mass is 240 g/mol. The maximum Gasteiger partial charge on any atom is 0.122 e. The normalized spacial score (nSPS) is 12.9. The summed E-state index contributed by atoms with van der Waals surface area (Å²) in [7, 11) is 0. The Morgan fingerprint density at radius 1 is 1.17 bits per heavy atom. The zero-order valence-electron chi connectivity index (χ0n) is 10.1. The topological polar surface area (TPSA) is 47.3 Å². The number of nitrogens with two attached hydrogens (primary N) is 1. The van der Waals surface area contributed by atoms with E-state index < -0.39 is 0 Å². The molecule has 2 aromatic rings. The summed E-state index contributed by atoms with van der Waals surface area (Å²) in [6.45, 7) is 1.58. The molecule has 3 heteroatoms. The van der Waals surface area contributed by atoms with E-state index in [9.17, 15) is 0 Å². The Labute approximate surface area is 107 Å². The fourth-order valence-electron chi connectivity index (χ4n) is 2.21. The van der Waals surface area contributed by atoms with Crippen molar-refractivity contribution in [3.8, 4) is 5.75 Å². The lowest BCUT2D eigenvalue weighted by molar-refractivity contribution is 0.357. The van der Waals surface area contributed by atoms with Crippen LogP contribution in [-0.2, 0) is 13.0 Å². The van der Waals surface area contributed by atoms with E-state index in [0.717, 1.165) is 36.7 Å². The summed E-state index contributed by atoms with van der Waals surface area (Å²) in [5, 5.41) is 3.35. The number of para-hydroxylation sites is 2. The van der Waals surface area contributed by atoms with Crippen molar-refractivity contribution in [2.24, 2.45) is 0 Å². The first kappa shape index (κ1) is 11.0. The summed E-state index contributed by atoms with van der Waals surface area (Å²) in [5.74, 6) is 1.03. The lowest BCUT2D eigenvalue weighted by atomic mass is 10.1. The zero-order valence-corrected chi connectivity index (χ0v) is 10.1. The summed E-state index contributed by atoms with van der Waals surface area (Å²) in [6.07, 6.45) is 1.01. The number of benzene rings is 2. The number of rotatable bonds is 3. The molecule has 0 aliphatic carbocycles. The summed E-state index contributed by atoms with van der Waals surface area (Å²) in [5.41, 5.74) is 10.2. The van der Waals surface area contributed by atoms with Gasteiger partial charge in [0.1, 0.15) is 5.75 Å². The average molecular weight is 240 g/mol. The molecule has 2 aromatic carbocycles. The van der Waals surface area contributed by atoms with Gasteiger partial charge in [-0.15, -0.1) is 0 Å². The van der Waals surface area contributed by atoms with Gasteiger partial charge in [-0.25, -0.2) is 0 Å². The van der Waals surface area contributed by atoms with Crippen LogP contribution in [0.3, 0.4) is 0 Å². The van der Waals surface area contributed by atoms with Crippen LogP contribution in [0.2, 0.25) is 0 Å². The van der Waals surface area contributed by atoms with Crippen molar-refractivity contribution < 1.29 is 4.74 Å². The van der Waals surface area contributed by atoms with Crippen LogP contribution in [0.15, 0.2) is 42.5 Å². The molecule has 3 nitrogen and oxygen atoms in total. The third-order valence-corrected chi connectivity index (χ3v) is 3.20. The van der Waals surface area contributed by atoms with E-state index >= 15 is 0 Å². The molecule has 1 heterocycles. The third kappa shape index (κ3) is 2.12. The highest BCUT2D eigenvalue weighted by Gasteiger charge is 2.11. The zero-order chi connectivity index (χ0) is 12.4. The molecule has 0 aromatic heterocycles. The van der Waals surface area contributed by atoms with E-state index in [1.54, 1.807) is 0 Å². The van der Waals surface area contributed by atoms with Gasteiger partial charge < -0.3 is 15.8 Å². The fraction of sp³-hybridized carbons (Fsp3) is 0.200. The van der Waals surface area contributed by atoms with Gasteiger partial charge >= 0.3 is 0 Å². The number of fused-ring (bicyclic) bond motifs is 1. The second-order valence-corrected chi connectivity index (χ2v) is 4.48.